The average Bonchev–Trinajstić information content (AvgIpc) is 2.27. The van der Waals surface area contributed by atoms with Crippen molar-refractivity contribution in [1.29, 1.82) is 0 Å². The van der Waals surface area contributed by atoms with Gasteiger partial charge in [0.2, 0.25) is 0 Å². The van der Waals surface area contributed by atoms with Gasteiger partial charge in [-0.1, -0.05) is 0 Å². The lowest BCUT2D eigenvalue weighted by Crippen LogP contribution is -2.45. The first-order chi connectivity index (χ1) is 8.54. The Morgan fingerprint density at radius 1 is 1.50 bits per heavy atom. The molecule has 6 heteroatoms. The Bertz CT molecular complexity index is 452. The summed E-state index contributed by atoms with van der Waals surface area (Å²) in [6.07, 6.45) is 3.19. The van der Waals surface area contributed by atoms with Crippen LogP contribution in [0.4, 0.5) is 17.1 Å². The zero-order valence-electron chi connectivity index (χ0n) is 10.3. The van der Waals surface area contributed by atoms with E-state index >= 15 is 0 Å². The van der Waals surface area contributed by atoms with Crippen molar-refractivity contribution in [2.45, 2.75) is 24.9 Å². The van der Waals surface area contributed by atoms with Crippen LogP contribution in [0.25, 0.3) is 0 Å². The summed E-state index contributed by atoms with van der Waals surface area (Å²) in [6.45, 7) is 0.643. The number of nitrogens with one attached hydrogen (secondary N) is 1. The maximum atomic E-state index is 10.7. The Labute approximate surface area is 105 Å². The number of methoxy groups -OCH3 is 1. The molecule has 98 valence electrons. The van der Waals surface area contributed by atoms with Gasteiger partial charge in [-0.25, -0.2) is 0 Å². The van der Waals surface area contributed by atoms with Gasteiger partial charge in [-0.2, -0.15) is 0 Å². The molecule has 3 N–H and O–H groups in total. The highest BCUT2D eigenvalue weighted by Gasteiger charge is 2.36. The van der Waals surface area contributed by atoms with Gasteiger partial charge in [0.05, 0.1) is 10.5 Å². The lowest BCUT2D eigenvalue weighted by Gasteiger charge is -2.40. The Morgan fingerprint density at radius 3 is 2.72 bits per heavy atom. The minimum Gasteiger partial charge on any atom is -0.398 e. The number of rotatable bonds is 5. The maximum Gasteiger partial charge on any atom is 0.273 e. The summed E-state index contributed by atoms with van der Waals surface area (Å²) < 4.78 is 5.48. The first-order valence-corrected chi connectivity index (χ1v) is 5.89. The average molecular weight is 251 g/mol. The molecule has 0 spiro atoms. The highest BCUT2D eigenvalue weighted by Crippen LogP contribution is 2.35. The molecule has 0 atom stereocenters. The smallest absolute Gasteiger partial charge is 0.273 e. The van der Waals surface area contributed by atoms with Crippen LogP contribution in [0.15, 0.2) is 18.2 Å². The predicted octanol–water partition coefficient (Wildman–Crippen LogP) is 2.16. The third-order valence-electron chi connectivity index (χ3n) is 3.46. The monoisotopic (exact) mass is 251 g/mol. The van der Waals surface area contributed by atoms with E-state index in [4.69, 9.17) is 10.5 Å². The Kier molecular flexibility index (Phi) is 3.38. The van der Waals surface area contributed by atoms with Crippen LogP contribution in [0.1, 0.15) is 19.3 Å². The molecule has 6 nitrogen and oxygen atoms in total. The van der Waals surface area contributed by atoms with Crippen LogP contribution < -0.4 is 11.1 Å². The van der Waals surface area contributed by atoms with Crippen molar-refractivity contribution in [3.05, 3.63) is 28.3 Å². The lowest BCUT2D eigenvalue weighted by atomic mass is 9.80. The lowest BCUT2D eigenvalue weighted by molar-refractivity contribution is -0.384. The van der Waals surface area contributed by atoms with Gasteiger partial charge in [-0.05, 0) is 25.3 Å². The molecule has 1 aromatic carbocycles. The third kappa shape index (κ3) is 2.53. The molecule has 1 saturated carbocycles. The summed E-state index contributed by atoms with van der Waals surface area (Å²) in [7, 11) is 1.70. The summed E-state index contributed by atoms with van der Waals surface area (Å²) in [6, 6.07) is 4.52. The highest BCUT2D eigenvalue weighted by atomic mass is 16.6. The molecular weight excluding hydrogens is 234 g/mol. The molecule has 1 aliphatic carbocycles. The van der Waals surface area contributed by atoms with Crippen molar-refractivity contribution in [2.75, 3.05) is 24.7 Å². The second-order valence-electron chi connectivity index (χ2n) is 4.66. The number of anilines is 2. The van der Waals surface area contributed by atoms with E-state index in [0.29, 0.717) is 17.9 Å². The van der Waals surface area contributed by atoms with E-state index in [2.05, 4.69) is 5.32 Å². The van der Waals surface area contributed by atoms with Crippen LogP contribution in [0.2, 0.25) is 0 Å². The first kappa shape index (κ1) is 12.6. The second kappa shape index (κ2) is 4.81. The molecule has 0 amide bonds. The number of nitro benzene ring substituents is 1. The van der Waals surface area contributed by atoms with E-state index in [1.54, 1.807) is 13.2 Å². The molecule has 0 aliphatic heterocycles. The topological polar surface area (TPSA) is 90.4 Å². The molecule has 0 bridgehead atoms. The zero-order valence-corrected chi connectivity index (χ0v) is 10.3. The van der Waals surface area contributed by atoms with E-state index < -0.39 is 4.92 Å². The third-order valence-corrected chi connectivity index (χ3v) is 3.46. The van der Waals surface area contributed by atoms with Crippen LogP contribution in [0, 0.1) is 10.1 Å². The molecule has 0 unspecified atom stereocenters. The fraction of sp³-hybridized carbons (Fsp3) is 0.500. The SMILES string of the molecule is COC1(CNc2cc(N)cc([N+](=O)[O-])c2)CCC1. The van der Waals surface area contributed by atoms with Gasteiger partial charge in [0, 0.05) is 37.2 Å². The molecule has 0 radical (unpaired) electrons. The fourth-order valence-corrected chi connectivity index (χ4v) is 2.13. The van der Waals surface area contributed by atoms with Gasteiger partial charge in [0.25, 0.3) is 5.69 Å². The summed E-state index contributed by atoms with van der Waals surface area (Å²) in [5.41, 5.74) is 6.55. The highest BCUT2D eigenvalue weighted by molar-refractivity contribution is 5.61. The molecule has 0 heterocycles. The van der Waals surface area contributed by atoms with Gasteiger partial charge in [0.15, 0.2) is 0 Å². The summed E-state index contributed by atoms with van der Waals surface area (Å²) in [5.74, 6) is 0. The molecular formula is C12H17N3O3. The van der Waals surface area contributed by atoms with Crippen LogP contribution in [-0.4, -0.2) is 24.2 Å². The molecule has 0 aromatic heterocycles. The normalized spacial score (nSPS) is 16.9. The minimum absolute atomic E-state index is 0.00224. The first-order valence-electron chi connectivity index (χ1n) is 5.89. The number of nitrogens with zero attached hydrogens (tertiary/aromatic N) is 1. The number of hydrogen-bond donors (Lipinski definition) is 2. The summed E-state index contributed by atoms with van der Waals surface area (Å²) in [4.78, 5) is 10.3. The number of non-ortho nitro benzene ring substituents is 1. The van der Waals surface area contributed by atoms with Crippen LogP contribution in [-0.2, 0) is 4.74 Å². The number of ether oxygens (including phenoxy) is 1. The fourth-order valence-electron chi connectivity index (χ4n) is 2.13. The Balaban J connectivity index is 2.07. The van der Waals surface area contributed by atoms with E-state index in [1.807, 2.05) is 0 Å². The molecule has 1 aliphatic rings. The quantitative estimate of drug-likeness (QED) is 0.475. The molecule has 0 saturated heterocycles. The van der Waals surface area contributed by atoms with E-state index in [9.17, 15) is 10.1 Å². The van der Waals surface area contributed by atoms with Crippen molar-refractivity contribution < 1.29 is 9.66 Å². The predicted molar refractivity (Wildman–Crippen MR) is 69.6 cm³/mol. The second-order valence-corrected chi connectivity index (χ2v) is 4.66. The van der Waals surface area contributed by atoms with Crippen molar-refractivity contribution in [3.63, 3.8) is 0 Å². The van der Waals surface area contributed by atoms with Crippen LogP contribution in [0.5, 0.6) is 0 Å². The number of hydrogen-bond acceptors (Lipinski definition) is 5. The van der Waals surface area contributed by atoms with Crippen LogP contribution >= 0.6 is 0 Å². The van der Waals surface area contributed by atoms with Gasteiger partial charge in [-0.3, -0.25) is 10.1 Å². The number of nitro groups is 1. The molecule has 2 rings (SSSR count). The van der Waals surface area contributed by atoms with Gasteiger partial charge >= 0.3 is 0 Å². The van der Waals surface area contributed by atoms with Crippen LogP contribution in [0.3, 0.4) is 0 Å². The Morgan fingerprint density at radius 2 is 2.22 bits per heavy atom. The zero-order chi connectivity index (χ0) is 13.2. The van der Waals surface area contributed by atoms with E-state index in [0.717, 1.165) is 19.3 Å². The summed E-state index contributed by atoms with van der Waals surface area (Å²) >= 11 is 0. The van der Waals surface area contributed by atoms with E-state index in [1.165, 1.54) is 12.1 Å². The van der Waals surface area contributed by atoms with Crippen molar-refractivity contribution in [2.24, 2.45) is 0 Å². The summed E-state index contributed by atoms with van der Waals surface area (Å²) in [5, 5.41) is 13.9. The largest absolute Gasteiger partial charge is 0.398 e. The number of nitrogen functional groups attached to an aromatic ring is 1. The maximum absolute atomic E-state index is 10.7. The Hall–Kier alpha value is -1.82. The molecule has 1 aromatic rings. The molecule has 18 heavy (non-hydrogen) atoms. The minimum atomic E-state index is -0.447. The standard InChI is InChI=1S/C12H17N3O3/c1-18-12(3-2-4-12)8-14-10-5-9(13)6-11(7-10)15(16)17/h5-7,14H,2-4,8,13H2,1H3. The van der Waals surface area contributed by atoms with Crippen molar-refractivity contribution in [3.8, 4) is 0 Å². The number of nitrogens with two attached hydrogens (primary N) is 1. The molecule has 1 fully saturated rings. The van der Waals surface area contributed by atoms with Gasteiger partial charge < -0.3 is 15.8 Å². The van der Waals surface area contributed by atoms with Crippen molar-refractivity contribution >= 4 is 17.1 Å². The van der Waals surface area contributed by atoms with Gasteiger partial charge in [-0.15, -0.1) is 0 Å². The number of benzene rings is 1. The van der Waals surface area contributed by atoms with Crippen molar-refractivity contribution in [1.82, 2.24) is 0 Å². The van der Waals surface area contributed by atoms with Gasteiger partial charge in [0.1, 0.15) is 0 Å². The van der Waals surface area contributed by atoms with E-state index in [-0.39, 0.29) is 11.3 Å².